The van der Waals surface area contributed by atoms with Crippen molar-refractivity contribution < 1.29 is 18.7 Å². The van der Waals surface area contributed by atoms with Gasteiger partial charge < -0.3 is 9.52 Å². The number of aromatic carboxylic acids is 1. The summed E-state index contributed by atoms with van der Waals surface area (Å²) in [6, 6.07) is 8.77. The second-order valence-electron chi connectivity index (χ2n) is 4.47. The van der Waals surface area contributed by atoms with Crippen LogP contribution in [0.1, 0.15) is 15.9 Å². The highest BCUT2D eigenvalue weighted by molar-refractivity contribution is 5.92. The molecular formula is C15H10FNO3. The van der Waals surface area contributed by atoms with Crippen LogP contribution < -0.4 is 0 Å². The highest BCUT2D eigenvalue weighted by Gasteiger charge is 2.13. The van der Waals surface area contributed by atoms with E-state index in [1.807, 2.05) is 6.92 Å². The maximum atomic E-state index is 13.3. The molecule has 3 rings (SSSR count). The fraction of sp³-hybridized carbons (Fsp3) is 0.0667. The van der Waals surface area contributed by atoms with Crippen molar-refractivity contribution in [2.75, 3.05) is 0 Å². The third-order valence-corrected chi connectivity index (χ3v) is 3.06. The zero-order chi connectivity index (χ0) is 14.3. The lowest BCUT2D eigenvalue weighted by Crippen LogP contribution is -1.94. The number of benzene rings is 2. The van der Waals surface area contributed by atoms with E-state index < -0.39 is 5.97 Å². The van der Waals surface area contributed by atoms with Gasteiger partial charge >= 0.3 is 5.97 Å². The highest BCUT2D eigenvalue weighted by Crippen LogP contribution is 2.27. The first kappa shape index (κ1) is 12.3. The molecule has 0 spiro atoms. The Balaban J connectivity index is 2.17. The van der Waals surface area contributed by atoms with E-state index in [0.717, 1.165) is 5.56 Å². The summed E-state index contributed by atoms with van der Waals surface area (Å²) in [6.07, 6.45) is 0. The third kappa shape index (κ3) is 2.03. The van der Waals surface area contributed by atoms with Gasteiger partial charge in [0.1, 0.15) is 11.3 Å². The van der Waals surface area contributed by atoms with Crippen LogP contribution in [0.2, 0.25) is 0 Å². The first-order chi connectivity index (χ1) is 9.54. The molecule has 2 aromatic carbocycles. The molecule has 1 N–H and O–H groups in total. The fourth-order valence-corrected chi connectivity index (χ4v) is 2.00. The number of rotatable bonds is 2. The van der Waals surface area contributed by atoms with E-state index in [2.05, 4.69) is 4.98 Å². The number of fused-ring (bicyclic) bond motifs is 1. The first-order valence-corrected chi connectivity index (χ1v) is 5.95. The topological polar surface area (TPSA) is 63.3 Å². The molecule has 0 saturated heterocycles. The Morgan fingerprint density at radius 2 is 2.05 bits per heavy atom. The number of aryl methyl sites for hydroxylation is 1. The van der Waals surface area contributed by atoms with Crippen LogP contribution in [-0.4, -0.2) is 16.1 Å². The Kier molecular flexibility index (Phi) is 2.75. The lowest BCUT2D eigenvalue weighted by molar-refractivity contribution is 0.0697. The molecule has 0 saturated carbocycles. The quantitative estimate of drug-likeness (QED) is 0.772. The van der Waals surface area contributed by atoms with E-state index in [1.54, 1.807) is 12.1 Å². The summed E-state index contributed by atoms with van der Waals surface area (Å²) in [6.45, 7) is 1.83. The van der Waals surface area contributed by atoms with Crippen molar-refractivity contribution in [3.63, 3.8) is 0 Å². The van der Waals surface area contributed by atoms with Gasteiger partial charge in [-0.2, -0.15) is 0 Å². The summed E-state index contributed by atoms with van der Waals surface area (Å²) < 4.78 is 18.9. The molecule has 0 unspecified atom stereocenters. The fourth-order valence-electron chi connectivity index (χ4n) is 2.00. The minimum atomic E-state index is -1.03. The molecule has 1 aromatic heterocycles. The molecule has 4 nitrogen and oxygen atoms in total. The molecule has 5 heteroatoms. The van der Waals surface area contributed by atoms with Gasteiger partial charge in [0, 0.05) is 5.56 Å². The standard InChI is InChI=1S/C15H10FNO3/c1-8-2-4-10(16)7-11(8)14-17-12-6-9(15(18)19)3-5-13(12)20-14/h2-7H,1H3,(H,18,19). The van der Waals surface area contributed by atoms with Gasteiger partial charge in [0.05, 0.1) is 5.56 Å². The van der Waals surface area contributed by atoms with Crippen molar-refractivity contribution in [1.82, 2.24) is 4.98 Å². The van der Waals surface area contributed by atoms with Crippen molar-refractivity contribution in [1.29, 1.82) is 0 Å². The maximum Gasteiger partial charge on any atom is 0.335 e. The van der Waals surface area contributed by atoms with Gasteiger partial charge in [-0.25, -0.2) is 14.2 Å². The third-order valence-electron chi connectivity index (χ3n) is 3.06. The smallest absolute Gasteiger partial charge is 0.335 e. The van der Waals surface area contributed by atoms with Gasteiger partial charge in [-0.05, 0) is 42.8 Å². The summed E-state index contributed by atoms with van der Waals surface area (Å²) in [5, 5.41) is 8.94. The van der Waals surface area contributed by atoms with Crippen molar-refractivity contribution in [3.05, 3.63) is 53.3 Å². The van der Waals surface area contributed by atoms with Crippen molar-refractivity contribution in [2.45, 2.75) is 6.92 Å². The number of hydrogen-bond donors (Lipinski definition) is 1. The summed E-state index contributed by atoms with van der Waals surface area (Å²) in [5.74, 6) is -1.13. The first-order valence-electron chi connectivity index (χ1n) is 5.95. The molecule has 0 aliphatic heterocycles. The molecule has 3 aromatic rings. The second kappa shape index (κ2) is 4.45. The Morgan fingerprint density at radius 1 is 1.25 bits per heavy atom. The predicted molar refractivity (Wildman–Crippen MR) is 71.1 cm³/mol. The van der Waals surface area contributed by atoms with Crippen LogP contribution in [0.25, 0.3) is 22.6 Å². The van der Waals surface area contributed by atoms with Gasteiger partial charge in [0.15, 0.2) is 5.58 Å². The monoisotopic (exact) mass is 271 g/mol. The number of aromatic nitrogens is 1. The van der Waals surface area contributed by atoms with Crippen LogP contribution in [0.3, 0.4) is 0 Å². The molecule has 1 heterocycles. The minimum Gasteiger partial charge on any atom is -0.478 e. The number of carbonyl (C=O) groups is 1. The van der Waals surface area contributed by atoms with Crippen LogP contribution in [0.5, 0.6) is 0 Å². The molecule has 0 aliphatic carbocycles. The molecule has 100 valence electrons. The van der Waals surface area contributed by atoms with Crippen LogP contribution in [0.15, 0.2) is 40.8 Å². The molecular weight excluding hydrogens is 261 g/mol. The summed E-state index contributed by atoms with van der Waals surface area (Å²) in [5.41, 5.74) is 2.42. The average Bonchev–Trinajstić information content (AvgIpc) is 2.83. The number of carboxylic acids is 1. The summed E-state index contributed by atoms with van der Waals surface area (Å²) in [7, 11) is 0. The highest BCUT2D eigenvalue weighted by atomic mass is 19.1. The number of nitrogens with zero attached hydrogens (tertiary/aromatic N) is 1. The van der Waals surface area contributed by atoms with Gasteiger partial charge in [-0.1, -0.05) is 6.07 Å². The van der Waals surface area contributed by atoms with Gasteiger partial charge in [0.2, 0.25) is 5.89 Å². The molecule has 0 amide bonds. The van der Waals surface area contributed by atoms with Crippen LogP contribution >= 0.6 is 0 Å². The molecule has 20 heavy (non-hydrogen) atoms. The Labute approximate surface area is 113 Å². The Bertz CT molecular complexity index is 823. The van der Waals surface area contributed by atoms with E-state index in [9.17, 15) is 9.18 Å². The van der Waals surface area contributed by atoms with E-state index in [1.165, 1.54) is 24.3 Å². The Hall–Kier alpha value is -2.69. The van der Waals surface area contributed by atoms with Crippen LogP contribution in [0.4, 0.5) is 4.39 Å². The minimum absolute atomic E-state index is 0.133. The van der Waals surface area contributed by atoms with Crippen LogP contribution in [-0.2, 0) is 0 Å². The van der Waals surface area contributed by atoms with Gasteiger partial charge in [-0.15, -0.1) is 0 Å². The van der Waals surface area contributed by atoms with Gasteiger partial charge in [-0.3, -0.25) is 0 Å². The Morgan fingerprint density at radius 3 is 2.80 bits per heavy atom. The molecule has 0 atom stereocenters. The number of carboxylic acid groups (broad SMARTS) is 1. The summed E-state index contributed by atoms with van der Waals surface area (Å²) >= 11 is 0. The molecule has 0 fully saturated rings. The molecule has 0 bridgehead atoms. The second-order valence-corrected chi connectivity index (χ2v) is 4.47. The van der Waals surface area contributed by atoms with E-state index >= 15 is 0 Å². The number of halogens is 1. The number of oxazole rings is 1. The van der Waals surface area contributed by atoms with E-state index in [-0.39, 0.29) is 17.3 Å². The lowest BCUT2D eigenvalue weighted by atomic mass is 10.1. The zero-order valence-corrected chi connectivity index (χ0v) is 10.6. The number of hydrogen-bond acceptors (Lipinski definition) is 3. The SMILES string of the molecule is Cc1ccc(F)cc1-c1nc2cc(C(=O)O)ccc2o1. The normalized spacial score (nSPS) is 10.9. The van der Waals surface area contributed by atoms with Crippen molar-refractivity contribution in [3.8, 4) is 11.5 Å². The molecule has 0 radical (unpaired) electrons. The average molecular weight is 271 g/mol. The van der Waals surface area contributed by atoms with E-state index in [4.69, 9.17) is 9.52 Å². The zero-order valence-electron chi connectivity index (χ0n) is 10.6. The van der Waals surface area contributed by atoms with Crippen LogP contribution in [0, 0.1) is 12.7 Å². The predicted octanol–water partition coefficient (Wildman–Crippen LogP) is 3.64. The van der Waals surface area contributed by atoms with E-state index in [0.29, 0.717) is 16.7 Å². The molecule has 0 aliphatic rings. The lowest BCUT2D eigenvalue weighted by Gasteiger charge is -2.00. The summed E-state index contributed by atoms with van der Waals surface area (Å²) in [4.78, 5) is 15.1. The maximum absolute atomic E-state index is 13.3. The largest absolute Gasteiger partial charge is 0.478 e. The van der Waals surface area contributed by atoms with Crippen molar-refractivity contribution >= 4 is 17.1 Å². The van der Waals surface area contributed by atoms with Gasteiger partial charge in [0.25, 0.3) is 0 Å². The van der Waals surface area contributed by atoms with Crippen molar-refractivity contribution in [2.24, 2.45) is 0 Å².